The van der Waals surface area contributed by atoms with Crippen molar-refractivity contribution in [2.75, 3.05) is 13.1 Å². The summed E-state index contributed by atoms with van der Waals surface area (Å²) in [5.41, 5.74) is 3.85. The Morgan fingerprint density at radius 1 is 0.804 bits per heavy atom. The number of aromatic amines is 1. The summed E-state index contributed by atoms with van der Waals surface area (Å²) in [6.45, 7) is 14.2. The van der Waals surface area contributed by atoms with Gasteiger partial charge in [-0.05, 0) is 96.4 Å². The molecule has 0 radical (unpaired) electrons. The van der Waals surface area contributed by atoms with Gasteiger partial charge in [0.1, 0.15) is 23.1 Å². The Hall–Kier alpha value is -4.34. The lowest BCUT2D eigenvalue weighted by atomic mass is 10.00. The molecule has 0 bridgehead atoms. The smallest absolute Gasteiger partial charge is 0.410 e. The Morgan fingerprint density at radius 2 is 1.33 bits per heavy atom. The van der Waals surface area contributed by atoms with Crippen molar-refractivity contribution in [2.24, 2.45) is 0 Å². The molecule has 0 saturated carbocycles. The summed E-state index contributed by atoms with van der Waals surface area (Å²) in [5.74, 6) is 0.604. The van der Waals surface area contributed by atoms with Crippen molar-refractivity contribution in [3.05, 3.63) is 66.1 Å². The lowest BCUT2D eigenvalue weighted by Crippen LogP contribution is -2.48. The average Bonchev–Trinajstić information content (AvgIpc) is 3.76. The molecule has 246 valence electrons. The summed E-state index contributed by atoms with van der Waals surface area (Å²) in [4.78, 5) is 49.9. The van der Waals surface area contributed by atoms with Gasteiger partial charge in [-0.2, -0.15) is 0 Å². The summed E-state index contributed by atoms with van der Waals surface area (Å²) in [6, 6.07) is 15.5. The molecule has 2 aliphatic heterocycles. The number of amides is 3. The third-order valence-electron chi connectivity index (χ3n) is 8.27. The number of aromatic nitrogens is 2. The summed E-state index contributed by atoms with van der Waals surface area (Å²) in [7, 11) is 0. The predicted molar refractivity (Wildman–Crippen MR) is 177 cm³/mol. The fourth-order valence-corrected chi connectivity index (χ4v) is 6.02. The van der Waals surface area contributed by atoms with Crippen LogP contribution >= 0.6 is 0 Å². The molecule has 10 heteroatoms. The number of nitrogens with one attached hydrogen (secondary N) is 2. The number of likely N-dealkylation sites (tertiary alicyclic amines) is 2. The zero-order chi connectivity index (χ0) is 33.2. The summed E-state index contributed by atoms with van der Waals surface area (Å²) >= 11 is 0. The number of H-pyrrole nitrogens is 1. The van der Waals surface area contributed by atoms with Crippen molar-refractivity contribution in [2.45, 2.75) is 103 Å². The molecule has 2 aromatic carbocycles. The zero-order valence-corrected chi connectivity index (χ0v) is 28.1. The molecule has 0 aliphatic carbocycles. The van der Waals surface area contributed by atoms with Gasteiger partial charge in [-0.1, -0.05) is 48.5 Å². The minimum absolute atomic E-state index is 0.129. The number of nitrogens with zero attached hydrogens (tertiary/aromatic N) is 3. The highest BCUT2D eigenvalue weighted by molar-refractivity contribution is 5.86. The van der Waals surface area contributed by atoms with Gasteiger partial charge in [-0.25, -0.2) is 14.6 Å². The zero-order valence-electron chi connectivity index (χ0n) is 28.1. The molecule has 3 aromatic rings. The minimum atomic E-state index is -0.610. The summed E-state index contributed by atoms with van der Waals surface area (Å²) in [5, 5.41) is 3.08. The Labute approximate surface area is 271 Å². The van der Waals surface area contributed by atoms with E-state index >= 15 is 0 Å². The molecule has 0 unspecified atom stereocenters. The number of rotatable bonds is 6. The number of hydrogen-bond donors (Lipinski definition) is 2. The Bertz CT molecular complexity index is 1530. The number of imidazole rings is 1. The SMILES string of the molecule is C[C@H](NC(=O)[C@@H]1CCCN1C(=O)OC(C)(C)C)c1ccc(-c2ccc(-c3cnc([C@@H]4CCCN4C(=O)OC(C)(C)C)[nH]3)cc2)cc1. The molecular weight excluding hydrogens is 582 g/mol. The van der Waals surface area contributed by atoms with Gasteiger partial charge in [-0.15, -0.1) is 0 Å². The quantitative estimate of drug-likeness (QED) is 0.294. The standard InChI is InChI=1S/C36H47N5O5/c1-23(38-32(42)30-11-9-21-41(30)34(44)46-36(5,6)7)24-12-14-25(15-13-24)26-16-18-27(19-17-26)28-22-37-31(39-28)29-10-8-20-40(29)33(43)45-35(2,3)4/h12-19,22-23,29-30H,8-11,20-21H2,1-7H3,(H,37,39)(H,38,42)/t23-,29-,30-/m0/s1. The topological polar surface area (TPSA) is 117 Å². The van der Waals surface area contributed by atoms with Gasteiger partial charge in [0.2, 0.25) is 5.91 Å². The van der Waals surface area contributed by atoms with E-state index in [0.29, 0.717) is 19.5 Å². The van der Waals surface area contributed by atoms with E-state index in [9.17, 15) is 14.4 Å². The maximum absolute atomic E-state index is 13.1. The van der Waals surface area contributed by atoms with Crippen LogP contribution in [0.4, 0.5) is 9.59 Å². The van der Waals surface area contributed by atoms with Crippen molar-refractivity contribution < 1.29 is 23.9 Å². The second-order valence-corrected chi connectivity index (χ2v) is 14.3. The molecule has 3 heterocycles. The van der Waals surface area contributed by atoms with Crippen molar-refractivity contribution in [3.8, 4) is 22.4 Å². The van der Waals surface area contributed by atoms with E-state index in [2.05, 4.69) is 51.7 Å². The molecule has 3 amide bonds. The summed E-state index contributed by atoms with van der Waals surface area (Å²) < 4.78 is 11.1. The van der Waals surface area contributed by atoms with Crippen molar-refractivity contribution in [1.82, 2.24) is 25.1 Å². The highest BCUT2D eigenvalue weighted by atomic mass is 16.6. The predicted octanol–water partition coefficient (Wildman–Crippen LogP) is 7.39. The molecule has 0 spiro atoms. The maximum Gasteiger partial charge on any atom is 0.410 e. The van der Waals surface area contributed by atoms with Crippen LogP contribution in [-0.2, 0) is 14.3 Å². The first-order valence-corrected chi connectivity index (χ1v) is 16.2. The maximum atomic E-state index is 13.1. The van der Waals surface area contributed by atoms with Crippen LogP contribution in [0.1, 0.15) is 97.6 Å². The van der Waals surface area contributed by atoms with E-state index < -0.39 is 23.3 Å². The van der Waals surface area contributed by atoms with Gasteiger partial charge in [0, 0.05) is 13.1 Å². The lowest BCUT2D eigenvalue weighted by Gasteiger charge is -2.28. The average molecular weight is 630 g/mol. The van der Waals surface area contributed by atoms with E-state index in [1.165, 1.54) is 4.90 Å². The second kappa shape index (κ2) is 13.2. The van der Waals surface area contributed by atoms with Crippen LogP contribution in [0.3, 0.4) is 0 Å². The lowest BCUT2D eigenvalue weighted by molar-refractivity contribution is -0.126. The highest BCUT2D eigenvalue weighted by Crippen LogP contribution is 2.33. The number of hydrogen-bond acceptors (Lipinski definition) is 6. The molecule has 3 atom stereocenters. The molecule has 10 nitrogen and oxygen atoms in total. The number of benzene rings is 2. The fraction of sp³-hybridized carbons (Fsp3) is 0.500. The van der Waals surface area contributed by atoms with E-state index in [0.717, 1.165) is 53.0 Å². The largest absolute Gasteiger partial charge is 0.444 e. The van der Waals surface area contributed by atoms with E-state index in [1.54, 1.807) is 4.90 Å². The highest BCUT2D eigenvalue weighted by Gasteiger charge is 2.37. The molecule has 2 aliphatic rings. The molecule has 1 aromatic heterocycles. The van der Waals surface area contributed by atoms with E-state index in [-0.39, 0.29) is 24.1 Å². The Morgan fingerprint density at radius 3 is 1.93 bits per heavy atom. The van der Waals surface area contributed by atoms with Crippen molar-refractivity contribution in [3.63, 3.8) is 0 Å². The van der Waals surface area contributed by atoms with Crippen LogP contribution in [-0.4, -0.2) is 68.2 Å². The Balaban J connectivity index is 1.19. The second-order valence-electron chi connectivity index (χ2n) is 14.3. The normalized spacial score (nSPS) is 19.2. The molecule has 46 heavy (non-hydrogen) atoms. The van der Waals surface area contributed by atoms with Crippen molar-refractivity contribution in [1.29, 1.82) is 0 Å². The van der Waals surface area contributed by atoms with Crippen LogP contribution in [0.2, 0.25) is 0 Å². The van der Waals surface area contributed by atoms with Crippen LogP contribution < -0.4 is 5.32 Å². The minimum Gasteiger partial charge on any atom is -0.444 e. The van der Waals surface area contributed by atoms with Gasteiger partial charge in [0.15, 0.2) is 0 Å². The monoisotopic (exact) mass is 629 g/mol. The van der Waals surface area contributed by atoms with Crippen molar-refractivity contribution >= 4 is 18.1 Å². The molecule has 5 rings (SSSR count). The van der Waals surface area contributed by atoms with Gasteiger partial charge < -0.3 is 19.8 Å². The Kier molecular flexibility index (Phi) is 9.47. The van der Waals surface area contributed by atoms with E-state index in [4.69, 9.17) is 9.47 Å². The first-order valence-electron chi connectivity index (χ1n) is 16.2. The number of ether oxygens (including phenoxy) is 2. The first kappa shape index (κ1) is 33.0. The van der Waals surface area contributed by atoms with Crippen LogP contribution in [0.15, 0.2) is 54.7 Å². The van der Waals surface area contributed by atoms with E-state index in [1.807, 2.05) is 66.8 Å². The first-order chi connectivity index (χ1) is 21.7. The van der Waals surface area contributed by atoms with Gasteiger partial charge in [-0.3, -0.25) is 14.6 Å². The fourth-order valence-electron chi connectivity index (χ4n) is 6.02. The molecule has 2 N–H and O–H groups in total. The van der Waals surface area contributed by atoms with Crippen LogP contribution in [0.5, 0.6) is 0 Å². The molecule has 2 fully saturated rings. The van der Waals surface area contributed by atoms with Gasteiger partial charge >= 0.3 is 12.2 Å². The molecule has 2 saturated heterocycles. The third kappa shape index (κ3) is 7.89. The third-order valence-corrected chi connectivity index (χ3v) is 8.27. The van der Waals surface area contributed by atoms with Crippen LogP contribution in [0, 0.1) is 0 Å². The van der Waals surface area contributed by atoms with Gasteiger partial charge in [0.25, 0.3) is 0 Å². The number of carbonyl (C=O) groups is 3. The van der Waals surface area contributed by atoms with Gasteiger partial charge in [0.05, 0.1) is 24.0 Å². The number of carbonyl (C=O) groups excluding carboxylic acids is 3. The molecular formula is C36H47N5O5. The summed E-state index contributed by atoms with van der Waals surface area (Å²) in [6.07, 6.45) is 4.21. The van der Waals surface area contributed by atoms with Crippen LogP contribution in [0.25, 0.3) is 22.4 Å².